The zero-order chi connectivity index (χ0) is 20.4. The lowest BCUT2D eigenvalue weighted by Gasteiger charge is -2.35. The van der Waals surface area contributed by atoms with Crippen LogP contribution < -0.4 is 21.9 Å². The van der Waals surface area contributed by atoms with Gasteiger partial charge in [0, 0.05) is 37.8 Å². The number of hydrogen-bond acceptors (Lipinski definition) is 2. The molecule has 0 saturated heterocycles. The first-order chi connectivity index (χ1) is 13.9. The van der Waals surface area contributed by atoms with Crippen molar-refractivity contribution in [1.29, 1.82) is 0 Å². The molecule has 1 heterocycles. The second-order valence-electron chi connectivity index (χ2n) is 8.13. The Balaban J connectivity index is 0.00000256. The summed E-state index contributed by atoms with van der Waals surface area (Å²) in [4.78, 5) is 5.02. The lowest BCUT2D eigenvalue weighted by Crippen LogP contribution is -3.00. The van der Waals surface area contributed by atoms with Gasteiger partial charge in [-0.3, -0.25) is 0 Å². The van der Waals surface area contributed by atoms with Gasteiger partial charge in [-0.1, -0.05) is 63.6 Å². The number of para-hydroxylation sites is 1. The second-order valence-corrected chi connectivity index (χ2v) is 10.6. The van der Waals surface area contributed by atoms with Crippen LogP contribution in [-0.4, -0.2) is 31.7 Å². The van der Waals surface area contributed by atoms with E-state index >= 15 is 0 Å². The number of anilines is 2. The van der Waals surface area contributed by atoms with Crippen LogP contribution >= 0.6 is 39.3 Å². The number of fused-ring (bicyclic) bond motifs is 2. The van der Waals surface area contributed by atoms with Crippen LogP contribution in [0.5, 0.6) is 0 Å². The van der Waals surface area contributed by atoms with Crippen molar-refractivity contribution >= 4 is 50.7 Å². The number of quaternary nitrogens is 1. The van der Waals surface area contributed by atoms with Crippen LogP contribution in [0, 0.1) is 0 Å². The number of rotatable bonds is 6. The minimum atomic E-state index is 0. The van der Waals surface area contributed by atoms with Crippen LogP contribution in [0.4, 0.5) is 11.4 Å². The molecule has 1 aliphatic heterocycles. The average Bonchev–Trinajstić information content (AvgIpc) is 2.69. The van der Waals surface area contributed by atoms with E-state index in [4.69, 9.17) is 11.6 Å². The molecule has 0 radical (unpaired) electrons. The van der Waals surface area contributed by atoms with Crippen molar-refractivity contribution in [1.82, 2.24) is 0 Å². The maximum atomic E-state index is 6.33. The Hall–Kier alpha value is -0.980. The monoisotopic (exact) mass is 566 g/mol. The van der Waals surface area contributed by atoms with Gasteiger partial charge >= 0.3 is 0 Å². The Bertz CT molecular complexity index is 1010. The average molecular weight is 569 g/mol. The van der Waals surface area contributed by atoms with Crippen molar-refractivity contribution in [3.05, 3.63) is 81.8 Å². The van der Waals surface area contributed by atoms with Crippen LogP contribution in [0.1, 0.15) is 12.0 Å². The van der Waals surface area contributed by atoms with Gasteiger partial charge in [0.1, 0.15) is 6.54 Å². The highest BCUT2D eigenvalue weighted by Crippen LogP contribution is 2.48. The lowest BCUT2D eigenvalue weighted by atomic mass is 10.1. The van der Waals surface area contributed by atoms with E-state index in [-0.39, 0.29) is 17.0 Å². The minimum absolute atomic E-state index is 0. The summed E-state index contributed by atoms with van der Waals surface area (Å²) < 4.78 is 2.10. The third kappa shape index (κ3) is 5.63. The molecule has 6 heteroatoms. The molecular weight excluding hydrogens is 544 g/mol. The largest absolute Gasteiger partial charge is 1.00 e. The predicted octanol–water partition coefficient (Wildman–Crippen LogP) is 4.38. The van der Waals surface area contributed by atoms with Gasteiger partial charge < -0.3 is 26.4 Å². The van der Waals surface area contributed by atoms with Gasteiger partial charge in [-0.25, -0.2) is 0 Å². The first-order valence-electron chi connectivity index (χ1n) is 9.82. The summed E-state index contributed by atoms with van der Waals surface area (Å²) in [6.45, 7) is 3.12. The van der Waals surface area contributed by atoms with E-state index in [0.717, 1.165) is 40.0 Å². The predicted molar refractivity (Wildman–Crippen MR) is 128 cm³/mol. The van der Waals surface area contributed by atoms with Crippen molar-refractivity contribution in [3.63, 3.8) is 0 Å². The fourth-order valence-electron chi connectivity index (χ4n) is 3.86. The summed E-state index contributed by atoms with van der Waals surface area (Å²) in [7, 11) is 4.62. The first-order valence-corrected chi connectivity index (χ1v) is 11.8. The van der Waals surface area contributed by atoms with E-state index in [1.54, 1.807) is 0 Å². The summed E-state index contributed by atoms with van der Waals surface area (Å²) in [6, 6.07) is 23.5. The van der Waals surface area contributed by atoms with E-state index in [2.05, 4.69) is 95.6 Å². The molecule has 2 nitrogen and oxygen atoms in total. The summed E-state index contributed by atoms with van der Waals surface area (Å²) >= 11 is 11.7. The van der Waals surface area contributed by atoms with Crippen LogP contribution in [0.15, 0.2) is 81.0 Å². The fraction of sp³-hybridized carbons (Fsp3) is 0.250. The maximum absolute atomic E-state index is 6.33. The smallest absolute Gasteiger partial charge is 0.104 e. The summed E-state index contributed by atoms with van der Waals surface area (Å²) in [5.41, 5.74) is 3.87. The van der Waals surface area contributed by atoms with E-state index in [0.29, 0.717) is 0 Å². The normalized spacial score (nSPS) is 12.7. The standard InChI is InChI=1S/C24H25BrClN2S.BrH/c1-28(2,17-18-8-10-19(25)11-9-18)15-5-14-27-21-6-3-4-7-23(21)29-24-13-12-20(26)16-22(24)27;/h3-4,6-13,16H,5,14-15,17H2,1-2H3;1H/q+1;/p-1. The van der Waals surface area contributed by atoms with E-state index < -0.39 is 0 Å². The van der Waals surface area contributed by atoms with Crippen molar-refractivity contribution in [2.75, 3.05) is 32.1 Å². The number of hydrogen-bond donors (Lipinski definition) is 0. The number of nitrogens with zero attached hydrogens (tertiary/aromatic N) is 2. The van der Waals surface area contributed by atoms with Gasteiger partial charge in [0.05, 0.1) is 32.0 Å². The molecule has 3 aromatic carbocycles. The molecule has 158 valence electrons. The Morgan fingerprint density at radius 1 is 0.933 bits per heavy atom. The minimum Gasteiger partial charge on any atom is -1.00 e. The van der Waals surface area contributed by atoms with E-state index in [1.165, 1.54) is 26.7 Å². The Morgan fingerprint density at radius 2 is 1.63 bits per heavy atom. The summed E-state index contributed by atoms with van der Waals surface area (Å²) in [5, 5.41) is 0.792. The van der Waals surface area contributed by atoms with Crippen LogP contribution in [0.2, 0.25) is 5.02 Å². The third-order valence-corrected chi connectivity index (χ3v) is 7.15. The van der Waals surface area contributed by atoms with Crippen LogP contribution in [0.3, 0.4) is 0 Å². The topological polar surface area (TPSA) is 3.24 Å². The van der Waals surface area contributed by atoms with Gasteiger partial charge in [0.15, 0.2) is 0 Å². The van der Waals surface area contributed by atoms with Crippen molar-refractivity contribution in [2.45, 2.75) is 22.8 Å². The SMILES string of the molecule is C[N+](C)(CCCN1c2ccccc2Sc2ccc(Cl)cc21)Cc1ccc(Br)cc1.[Br-]. The highest BCUT2D eigenvalue weighted by molar-refractivity contribution is 9.10. The quantitative estimate of drug-likeness (QED) is 0.407. The highest BCUT2D eigenvalue weighted by atomic mass is 79.9. The maximum Gasteiger partial charge on any atom is 0.104 e. The Labute approximate surface area is 207 Å². The molecule has 0 saturated carbocycles. The molecule has 3 aromatic rings. The van der Waals surface area contributed by atoms with Crippen LogP contribution in [0.25, 0.3) is 0 Å². The van der Waals surface area contributed by atoms with Crippen molar-refractivity contribution < 1.29 is 21.5 Å². The molecule has 4 rings (SSSR count). The summed E-state index contributed by atoms with van der Waals surface area (Å²) in [6.07, 6.45) is 1.11. The molecule has 1 aliphatic rings. The fourth-order valence-corrected chi connectivity index (χ4v) is 5.37. The lowest BCUT2D eigenvalue weighted by molar-refractivity contribution is -0.903. The zero-order valence-electron chi connectivity index (χ0n) is 17.1. The molecule has 30 heavy (non-hydrogen) atoms. The Morgan fingerprint density at radius 3 is 2.40 bits per heavy atom. The van der Waals surface area contributed by atoms with Crippen molar-refractivity contribution in [2.24, 2.45) is 0 Å². The van der Waals surface area contributed by atoms with Gasteiger partial charge in [0.2, 0.25) is 0 Å². The molecule has 0 aliphatic carbocycles. The zero-order valence-corrected chi connectivity index (χ0v) is 21.9. The van der Waals surface area contributed by atoms with E-state index in [9.17, 15) is 0 Å². The van der Waals surface area contributed by atoms with Gasteiger partial charge in [0.25, 0.3) is 0 Å². The van der Waals surface area contributed by atoms with E-state index in [1.807, 2.05) is 17.8 Å². The molecule has 0 fully saturated rings. The number of benzene rings is 3. The van der Waals surface area contributed by atoms with Gasteiger partial charge in [-0.05, 0) is 42.5 Å². The molecule has 0 atom stereocenters. The second kappa shape index (κ2) is 10.1. The molecule has 0 N–H and O–H groups in total. The number of halogens is 3. The molecular formula is C24H25Br2ClN2S. The molecule has 0 unspecified atom stereocenters. The molecule has 0 spiro atoms. The third-order valence-electron chi connectivity index (χ3n) is 5.26. The Kier molecular flexibility index (Phi) is 7.97. The first kappa shape index (κ1) is 23.7. The summed E-state index contributed by atoms with van der Waals surface area (Å²) in [5.74, 6) is 0. The molecule has 0 bridgehead atoms. The highest BCUT2D eigenvalue weighted by Gasteiger charge is 2.24. The molecule has 0 aromatic heterocycles. The van der Waals surface area contributed by atoms with Crippen molar-refractivity contribution in [3.8, 4) is 0 Å². The molecule has 0 amide bonds. The van der Waals surface area contributed by atoms with Gasteiger partial charge in [-0.2, -0.15) is 0 Å². The van der Waals surface area contributed by atoms with Crippen LogP contribution in [-0.2, 0) is 6.54 Å². The van der Waals surface area contributed by atoms with Gasteiger partial charge in [-0.15, -0.1) is 0 Å².